The van der Waals surface area contributed by atoms with E-state index < -0.39 is 17.9 Å². The molecule has 1 aliphatic rings. The summed E-state index contributed by atoms with van der Waals surface area (Å²) in [5, 5.41) is 8.46. The minimum atomic E-state index is -0.793. The number of para-hydroxylation sites is 2. The zero-order valence-corrected chi connectivity index (χ0v) is 14.3. The Hall–Kier alpha value is -2.87. The lowest BCUT2D eigenvalue weighted by atomic mass is 10.2. The molecule has 7 nitrogen and oxygen atoms in total. The van der Waals surface area contributed by atoms with Crippen molar-refractivity contribution in [2.75, 3.05) is 13.2 Å². The fourth-order valence-electron chi connectivity index (χ4n) is 2.16. The standard InChI is InChI=1S/C17H17N3O4S/c1-11(15-7-4-8-25-15)19-20-16(21)9-18-17(22)14-10-23-12-5-2-3-6-13(12)24-14/h2-8,14H,9-10H2,1H3,(H,18,22)(H,20,21)/b19-11+. The van der Waals surface area contributed by atoms with Crippen LogP contribution in [-0.4, -0.2) is 36.8 Å². The highest BCUT2D eigenvalue weighted by atomic mass is 32.1. The van der Waals surface area contributed by atoms with Gasteiger partial charge in [0.2, 0.25) is 6.10 Å². The molecule has 0 aliphatic carbocycles. The van der Waals surface area contributed by atoms with E-state index in [2.05, 4.69) is 15.8 Å². The predicted octanol–water partition coefficient (Wildman–Crippen LogP) is 1.54. The van der Waals surface area contributed by atoms with Gasteiger partial charge in [0.25, 0.3) is 11.8 Å². The molecule has 3 rings (SSSR count). The third-order valence-electron chi connectivity index (χ3n) is 3.45. The van der Waals surface area contributed by atoms with E-state index in [9.17, 15) is 9.59 Å². The molecule has 1 aromatic carbocycles. The third-order valence-corrected chi connectivity index (χ3v) is 4.43. The Labute approximate surface area is 148 Å². The molecule has 0 saturated carbocycles. The molecule has 0 saturated heterocycles. The van der Waals surface area contributed by atoms with Crippen molar-refractivity contribution in [2.45, 2.75) is 13.0 Å². The van der Waals surface area contributed by atoms with Gasteiger partial charge in [-0.3, -0.25) is 9.59 Å². The zero-order valence-electron chi connectivity index (χ0n) is 13.5. The van der Waals surface area contributed by atoms with Gasteiger partial charge in [0, 0.05) is 4.88 Å². The largest absolute Gasteiger partial charge is 0.485 e. The summed E-state index contributed by atoms with van der Waals surface area (Å²) in [4.78, 5) is 24.9. The molecule has 1 unspecified atom stereocenters. The summed E-state index contributed by atoms with van der Waals surface area (Å²) in [6.45, 7) is 1.71. The van der Waals surface area contributed by atoms with Gasteiger partial charge in [0.15, 0.2) is 11.5 Å². The van der Waals surface area contributed by atoms with Crippen molar-refractivity contribution in [3.63, 3.8) is 0 Å². The molecular formula is C17H17N3O4S. The van der Waals surface area contributed by atoms with Crippen molar-refractivity contribution < 1.29 is 19.1 Å². The Bertz CT molecular complexity index is 789. The maximum absolute atomic E-state index is 12.1. The third kappa shape index (κ3) is 4.36. The highest BCUT2D eigenvalue weighted by Crippen LogP contribution is 2.30. The lowest BCUT2D eigenvalue weighted by Gasteiger charge is -2.25. The lowest BCUT2D eigenvalue weighted by Crippen LogP contribution is -2.46. The second kappa shape index (κ2) is 7.80. The summed E-state index contributed by atoms with van der Waals surface area (Å²) in [5.41, 5.74) is 3.12. The van der Waals surface area contributed by atoms with Gasteiger partial charge >= 0.3 is 0 Å². The van der Waals surface area contributed by atoms with Crippen LogP contribution in [0.2, 0.25) is 0 Å². The number of hydrazone groups is 1. The Morgan fingerprint density at radius 1 is 1.24 bits per heavy atom. The fraction of sp³-hybridized carbons (Fsp3) is 0.235. The smallest absolute Gasteiger partial charge is 0.265 e. The van der Waals surface area contributed by atoms with Crippen LogP contribution in [0.25, 0.3) is 0 Å². The molecule has 1 aliphatic heterocycles. The normalized spacial score (nSPS) is 16.2. The van der Waals surface area contributed by atoms with E-state index in [0.29, 0.717) is 17.2 Å². The number of nitrogens with zero attached hydrogens (tertiary/aromatic N) is 1. The maximum atomic E-state index is 12.1. The van der Waals surface area contributed by atoms with Crippen LogP contribution in [0.5, 0.6) is 11.5 Å². The van der Waals surface area contributed by atoms with E-state index in [-0.39, 0.29) is 13.2 Å². The van der Waals surface area contributed by atoms with Crippen molar-refractivity contribution in [1.82, 2.24) is 10.7 Å². The summed E-state index contributed by atoms with van der Waals surface area (Å²) < 4.78 is 11.1. The van der Waals surface area contributed by atoms with Crippen molar-refractivity contribution >= 4 is 28.9 Å². The molecular weight excluding hydrogens is 342 g/mol. The van der Waals surface area contributed by atoms with Gasteiger partial charge in [0.1, 0.15) is 6.61 Å². The molecule has 2 heterocycles. The number of hydrogen-bond acceptors (Lipinski definition) is 6. The Kier molecular flexibility index (Phi) is 5.30. The van der Waals surface area contributed by atoms with Gasteiger partial charge in [-0.2, -0.15) is 5.10 Å². The molecule has 2 amide bonds. The van der Waals surface area contributed by atoms with E-state index in [1.807, 2.05) is 23.6 Å². The Balaban J connectivity index is 1.46. The van der Waals surface area contributed by atoms with Crippen molar-refractivity contribution in [1.29, 1.82) is 0 Å². The van der Waals surface area contributed by atoms with Gasteiger partial charge in [-0.25, -0.2) is 5.43 Å². The average molecular weight is 359 g/mol. The molecule has 1 atom stereocenters. The maximum Gasteiger partial charge on any atom is 0.265 e. The van der Waals surface area contributed by atoms with Gasteiger partial charge in [-0.1, -0.05) is 18.2 Å². The molecule has 1 aromatic heterocycles. The van der Waals surface area contributed by atoms with E-state index in [4.69, 9.17) is 9.47 Å². The van der Waals surface area contributed by atoms with Crippen LogP contribution in [0.1, 0.15) is 11.8 Å². The first-order chi connectivity index (χ1) is 12.1. The first kappa shape index (κ1) is 17.0. The summed E-state index contributed by atoms with van der Waals surface area (Å²) in [6.07, 6.45) is -0.793. The molecule has 8 heteroatoms. The number of nitrogens with one attached hydrogen (secondary N) is 2. The van der Waals surface area contributed by atoms with Crippen LogP contribution in [0.4, 0.5) is 0 Å². The van der Waals surface area contributed by atoms with Gasteiger partial charge < -0.3 is 14.8 Å². The number of benzene rings is 1. The van der Waals surface area contributed by atoms with Gasteiger partial charge in [-0.05, 0) is 30.5 Å². The highest BCUT2D eigenvalue weighted by molar-refractivity contribution is 7.12. The van der Waals surface area contributed by atoms with E-state index >= 15 is 0 Å². The van der Waals surface area contributed by atoms with E-state index in [1.54, 1.807) is 25.1 Å². The van der Waals surface area contributed by atoms with Crippen LogP contribution < -0.4 is 20.2 Å². The SMILES string of the molecule is C/C(=N\NC(=O)CNC(=O)C1COc2ccccc2O1)c1cccs1. The molecule has 25 heavy (non-hydrogen) atoms. The van der Waals surface area contributed by atoms with Gasteiger partial charge in [-0.15, -0.1) is 11.3 Å². The minimum Gasteiger partial charge on any atom is -0.485 e. The van der Waals surface area contributed by atoms with Crippen molar-refractivity contribution in [3.05, 3.63) is 46.7 Å². The number of thiophene rings is 1. The van der Waals surface area contributed by atoms with Crippen LogP contribution in [0.3, 0.4) is 0 Å². The highest BCUT2D eigenvalue weighted by Gasteiger charge is 2.27. The number of ether oxygens (including phenoxy) is 2. The summed E-state index contributed by atoms with van der Waals surface area (Å²) >= 11 is 1.53. The average Bonchev–Trinajstić information content (AvgIpc) is 3.18. The number of carbonyl (C=O) groups excluding carboxylic acids is 2. The van der Waals surface area contributed by atoms with Crippen molar-refractivity contribution in [3.8, 4) is 11.5 Å². The Morgan fingerprint density at radius 2 is 2.04 bits per heavy atom. The topological polar surface area (TPSA) is 89.0 Å². The molecule has 130 valence electrons. The van der Waals surface area contributed by atoms with Crippen LogP contribution >= 0.6 is 11.3 Å². The van der Waals surface area contributed by atoms with Crippen molar-refractivity contribution in [2.24, 2.45) is 5.10 Å². The number of fused-ring (bicyclic) bond motifs is 1. The first-order valence-electron chi connectivity index (χ1n) is 7.66. The first-order valence-corrected chi connectivity index (χ1v) is 8.54. The van der Waals surface area contributed by atoms with Crippen LogP contribution in [0, 0.1) is 0 Å². The van der Waals surface area contributed by atoms with E-state index in [1.165, 1.54) is 11.3 Å². The predicted molar refractivity (Wildman–Crippen MR) is 94.0 cm³/mol. The fourth-order valence-corrected chi connectivity index (χ4v) is 2.83. The molecule has 0 fully saturated rings. The molecule has 2 N–H and O–H groups in total. The summed E-state index contributed by atoms with van der Waals surface area (Å²) in [6, 6.07) is 10.9. The number of hydrogen-bond donors (Lipinski definition) is 2. The monoisotopic (exact) mass is 359 g/mol. The molecule has 0 spiro atoms. The Morgan fingerprint density at radius 3 is 2.80 bits per heavy atom. The number of amides is 2. The second-order valence-electron chi connectivity index (χ2n) is 5.29. The van der Waals surface area contributed by atoms with Gasteiger partial charge in [0.05, 0.1) is 12.3 Å². The minimum absolute atomic E-state index is 0.0973. The molecule has 0 bridgehead atoms. The lowest BCUT2D eigenvalue weighted by molar-refractivity contribution is -0.132. The number of carbonyl (C=O) groups is 2. The van der Waals surface area contributed by atoms with E-state index in [0.717, 1.165) is 4.88 Å². The summed E-state index contributed by atoms with van der Waals surface area (Å²) in [5.74, 6) is 0.280. The summed E-state index contributed by atoms with van der Waals surface area (Å²) in [7, 11) is 0. The second-order valence-corrected chi connectivity index (χ2v) is 6.24. The number of rotatable bonds is 5. The van der Waals surface area contributed by atoms with Crippen LogP contribution in [-0.2, 0) is 9.59 Å². The van der Waals surface area contributed by atoms with Crippen LogP contribution in [0.15, 0.2) is 46.9 Å². The molecule has 2 aromatic rings. The zero-order chi connectivity index (χ0) is 17.6. The quantitative estimate of drug-likeness (QED) is 0.626. The molecule has 0 radical (unpaired) electrons.